The van der Waals surface area contributed by atoms with Crippen LogP contribution in [-0.4, -0.2) is 49.3 Å². The number of nitrogens with one attached hydrogen (secondary N) is 3. The molecule has 2 aliphatic rings. The van der Waals surface area contributed by atoms with Gasteiger partial charge in [-0.3, -0.25) is 9.48 Å². The number of amides is 1. The molecule has 2 aromatic carbocycles. The number of fused-ring (bicyclic) bond motifs is 2. The maximum Gasteiger partial charge on any atom is 0.237 e. The van der Waals surface area contributed by atoms with Crippen molar-refractivity contribution in [3.8, 4) is 0 Å². The molecule has 0 saturated carbocycles. The van der Waals surface area contributed by atoms with Crippen LogP contribution in [0.1, 0.15) is 18.4 Å². The molecule has 2 saturated heterocycles. The van der Waals surface area contributed by atoms with Crippen LogP contribution in [0.4, 0.5) is 0 Å². The molecule has 5 rings (SSSR count). The van der Waals surface area contributed by atoms with Gasteiger partial charge in [-0.15, -0.1) is 0 Å². The number of hydrogen-bond acceptors (Lipinski definition) is 6. The molecule has 3 heterocycles. The summed E-state index contributed by atoms with van der Waals surface area (Å²) in [6, 6.07) is 12.0. The van der Waals surface area contributed by atoms with Crippen molar-refractivity contribution in [1.29, 1.82) is 0 Å². The van der Waals surface area contributed by atoms with Gasteiger partial charge in [0.2, 0.25) is 15.7 Å². The fraction of sp³-hybridized carbons (Fsp3) is 0.391. The Bertz CT molecular complexity index is 1240. The maximum absolute atomic E-state index is 13.0. The molecule has 0 spiro atoms. The van der Waals surface area contributed by atoms with Crippen LogP contribution in [0, 0.1) is 5.92 Å². The highest BCUT2D eigenvalue weighted by Gasteiger charge is 2.38. The number of sulfone groups is 1. The number of aromatic nitrogens is 2. The third-order valence-corrected chi connectivity index (χ3v) is 8.37. The largest absolute Gasteiger partial charge is 0.351 e. The zero-order valence-corrected chi connectivity index (χ0v) is 18.7. The molecule has 0 radical (unpaired) electrons. The summed E-state index contributed by atoms with van der Waals surface area (Å²) in [5.74, 6) is 0.510. The minimum Gasteiger partial charge on any atom is -0.351 e. The molecule has 3 aromatic rings. The van der Waals surface area contributed by atoms with Gasteiger partial charge in [-0.2, -0.15) is 5.10 Å². The van der Waals surface area contributed by atoms with Crippen molar-refractivity contribution in [2.24, 2.45) is 13.0 Å². The molecular weight excluding hydrogens is 426 g/mol. The van der Waals surface area contributed by atoms with Gasteiger partial charge < -0.3 is 16.0 Å². The van der Waals surface area contributed by atoms with E-state index in [-0.39, 0.29) is 21.7 Å². The lowest BCUT2D eigenvalue weighted by atomic mass is 9.94. The predicted molar refractivity (Wildman–Crippen MR) is 121 cm³/mol. The number of benzene rings is 2. The fourth-order valence-corrected chi connectivity index (χ4v) is 6.04. The molecule has 3 atom stereocenters. The van der Waals surface area contributed by atoms with Crippen LogP contribution in [-0.2, 0) is 28.2 Å². The zero-order chi connectivity index (χ0) is 22.3. The highest BCUT2D eigenvalue weighted by molar-refractivity contribution is 7.91. The van der Waals surface area contributed by atoms with E-state index in [0.717, 1.165) is 42.4 Å². The van der Waals surface area contributed by atoms with Crippen LogP contribution >= 0.6 is 0 Å². The van der Waals surface area contributed by atoms with E-state index in [1.807, 2.05) is 7.05 Å². The van der Waals surface area contributed by atoms with Crippen LogP contribution < -0.4 is 16.0 Å². The van der Waals surface area contributed by atoms with Gasteiger partial charge in [0.05, 0.1) is 27.5 Å². The monoisotopic (exact) mass is 453 g/mol. The summed E-state index contributed by atoms with van der Waals surface area (Å²) in [6.45, 7) is 2.32. The summed E-state index contributed by atoms with van der Waals surface area (Å²) in [5, 5.41) is 14.8. The van der Waals surface area contributed by atoms with E-state index in [9.17, 15) is 13.2 Å². The van der Waals surface area contributed by atoms with Crippen molar-refractivity contribution in [2.45, 2.75) is 41.3 Å². The van der Waals surface area contributed by atoms with Gasteiger partial charge in [-0.05, 0) is 67.7 Å². The Morgan fingerprint density at radius 1 is 1.19 bits per heavy atom. The van der Waals surface area contributed by atoms with Crippen LogP contribution in [0.3, 0.4) is 0 Å². The third kappa shape index (κ3) is 3.92. The fourth-order valence-electron chi connectivity index (χ4n) is 4.75. The lowest BCUT2D eigenvalue weighted by molar-refractivity contribution is -0.123. The van der Waals surface area contributed by atoms with E-state index in [0.29, 0.717) is 18.5 Å². The molecule has 8 nitrogen and oxygen atoms in total. The molecule has 2 fully saturated rings. The van der Waals surface area contributed by atoms with E-state index in [1.165, 1.54) is 0 Å². The first-order valence-corrected chi connectivity index (χ1v) is 12.4. The highest BCUT2D eigenvalue weighted by atomic mass is 32.2. The van der Waals surface area contributed by atoms with Gasteiger partial charge in [0.1, 0.15) is 0 Å². The molecule has 32 heavy (non-hydrogen) atoms. The minimum atomic E-state index is -3.63. The number of carbonyl (C=O) groups is 1. The van der Waals surface area contributed by atoms with E-state index in [1.54, 1.807) is 53.3 Å². The van der Waals surface area contributed by atoms with Crippen molar-refractivity contribution >= 4 is 26.6 Å². The van der Waals surface area contributed by atoms with Crippen LogP contribution in [0.5, 0.6) is 0 Å². The Labute approximate surface area is 187 Å². The van der Waals surface area contributed by atoms with Crippen molar-refractivity contribution in [1.82, 2.24) is 25.7 Å². The molecule has 9 heteroatoms. The Morgan fingerprint density at radius 2 is 1.97 bits per heavy atom. The average Bonchev–Trinajstić information content (AvgIpc) is 3.41. The molecular formula is C23H27N5O3S. The van der Waals surface area contributed by atoms with Gasteiger partial charge in [0.25, 0.3) is 0 Å². The lowest BCUT2D eigenvalue weighted by Gasteiger charge is -2.25. The number of nitrogens with zero attached hydrogens (tertiary/aromatic N) is 2. The van der Waals surface area contributed by atoms with E-state index in [4.69, 9.17) is 0 Å². The number of aryl methyl sites for hydroxylation is 1. The summed E-state index contributed by atoms with van der Waals surface area (Å²) in [6.07, 6.45) is 3.56. The van der Waals surface area contributed by atoms with Crippen molar-refractivity contribution in [3.05, 3.63) is 54.2 Å². The molecule has 1 amide bonds. The Hall–Kier alpha value is -2.75. The molecule has 3 N–H and O–H groups in total. The topological polar surface area (TPSA) is 105 Å². The molecule has 1 aromatic heterocycles. The summed E-state index contributed by atoms with van der Waals surface area (Å²) in [4.78, 5) is 13.1. The smallest absolute Gasteiger partial charge is 0.237 e. The molecule has 0 bridgehead atoms. The van der Waals surface area contributed by atoms with Gasteiger partial charge >= 0.3 is 0 Å². The molecule has 3 unspecified atom stereocenters. The number of rotatable bonds is 5. The Morgan fingerprint density at radius 3 is 2.75 bits per heavy atom. The first-order chi connectivity index (χ1) is 15.4. The Balaban J connectivity index is 1.24. The second-order valence-corrected chi connectivity index (χ2v) is 10.6. The first kappa shape index (κ1) is 21.1. The Kier molecular flexibility index (Phi) is 5.48. The van der Waals surface area contributed by atoms with Crippen molar-refractivity contribution in [3.63, 3.8) is 0 Å². The van der Waals surface area contributed by atoms with Crippen LogP contribution in [0.15, 0.2) is 58.5 Å². The summed E-state index contributed by atoms with van der Waals surface area (Å²) < 4.78 is 27.8. The average molecular weight is 454 g/mol. The first-order valence-electron chi connectivity index (χ1n) is 10.9. The van der Waals surface area contributed by atoms with E-state index < -0.39 is 9.84 Å². The van der Waals surface area contributed by atoms with Crippen molar-refractivity contribution in [2.75, 3.05) is 13.1 Å². The highest BCUT2D eigenvalue weighted by Crippen LogP contribution is 2.26. The van der Waals surface area contributed by atoms with E-state index >= 15 is 0 Å². The van der Waals surface area contributed by atoms with Crippen LogP contribution in [0.2, 0.25) is 0 Å². The summed E-state index contributed by atoms with van der Waals surface area (Å²) in [5.41, 5.74) is 1.74. The second-order valence-electron chi connectivity index (χ2n) is 8.67. The number of carbonyl (C=O) groups excluding carboxylic acids is 1. The number of piperidine rings is 1. The minimum absolute atomic E-state index is 0.000807. The van der Waals surface area contributed by atoms with Crippen molar-refractivity contribution < 1.29 is 13.2 Å². The quantitative estimate of drug-likeness (QED) is 0.539. The predicted octanol–water partition coefficient (Wildman–Crippen LogP) is 1.36. The van der Waals surface area contributed by atoms with Gasteiger partial charge in [-0.1, -0.05) is 12.1 Å². The molecule has 0 aliphatic carbocycles. The summed E-state index contributed by atoms with van der Waals surface area (Å²) in [7, 11) is -1.81. The zero-order valence-electron chi connectivity index (χ0n) is 17.9. The maximum atomic E-state index is 13.0. The molecule has 168 valence electrons. The lowest BCUT2D eigenvalue weighted by Crippen LogP contribution is -2.45. The van der Waals surface area contributed by atoms with Crippen LogP contribution in [0.25, 0.3) is 10.9 Å². The normalized spacial score (nSPS) is 23.2. The van der Waals surface area contributed by atoms with Gasteiger partial charge in [0.15, 0.2) is 0 Å². The van der Waals surface area contributed by atoms with Gasteiger partial charge in [0, 0.05) is 25.0 Å². The standard InChI is InChI=1S/C23H27N5O3S/c1-28-22-7-6-19(10-17(22)14-26-28)32(30,31)18-4-2-15(3-5-18)12-25-23(29)21-11-16-13-24-9-8-20(16)27-21/h2-7,10,14,16,20-21,24,27H,8-9,11-13H2,1H3,(H,25,29). The third-order valence-electron chi connectivity index (χ3n) is 6.61. The summed E-state index contributed by atoms with van der Waals surface area (Å²) >= 11 is 0. The molecule has 2 aliphatic heterocycles. The number of hydrogen-bond donors (Lipinski definition) is 3. The second kappa shape index (κ2) is 8.31. The SMILES string of the molecule is Cn1ncc2cc(S(=O)(=O)c3ccc(CNC(=O)C4CC5CNCCC5N4)cc3)ccc21. The van der Waals surface area contributed by atoms with E-state index in [2.05, 4.69) is 21.0 Å². The van der Waals surface area contributed by atoms with Gasteiger partial charge in [-0.25, -0.2) is 8.42 Å².